The average Bonchev–Trinajstić information content (AvgIpc) is 2.75. The van der Waals surface area contributed by atoms with Gasteiger partial charge in [0.05, 0.1) is 6.54 Å². The van der Waals surface area contributed by atoms with Crippen LogP contribution in [0.3, 0.4) is 0 Å². The zero-order chi connectivity index (χ0) is 22.6. The number of benzene rings is 2. The highest BCUT2D eigenvalue weighted by atomic mass is 32.1. The largest absolute Gasteiger partial charge is 0.501 e. The van der Waals surface area contributed by atoms with E-state index in [0.717, 1.165) is 32.1 Å². The summed E-state index contributed by atoms with van der Waals surface area (Å²) in [5.41, 5.74) is 2.50. The summed E-state index contributed by atoms with van der Waals surface area (Å²) in [6, 6.07) is 21.8. The van der Waals surface area contributed by atoms with Crippen molar-refractivity contribution >= 4 is 38.0 Å². The van der Waals surface area contributed by atoms with Gasteiger partial charge in [0, 0.05) is 43.4 Å². The van der Waals surface area contributed by atoms with E-state index in [4.69, 9.17) is 38.1 Å². The molecular formula is C24H36NO3S2Si+. The van der Waals surface area contributed by atoms with Gasteiger partial charge in [-0.3, -0.25) is 4.48 Å². The standard InChI is InChI=1S/C24H35NO3S2Si/c1-4-26-31(27-5-2,28-6-3)19-13-18-25(24(29)30,20-22-14-9-7-10-15-22)21-23-16-11-8-12-17-23/h7-12,14-17H,4-6,13,18-21H2,1-3H3/p+1. The van der Waals surface area contributed by atoms with Crippen LogP contribution in [0.25, 0.3) is 0 Å². The Kier molecular flexibility index (Phi) is 11.4. The molecule has 0 radical (unpaired) electrons. The predicted molar refractivity (Wildman–Crippen MR) is 137 cm³/mol. The molecule has 0 amide bonds. The van der Waals surface area contributed by atoms with Gasteiger partial charge in [0.1, 0.15) is 13.1 Å². The fourth-order valence-electron chi connectivity index (χ4n) is 3.91. The summed E-state index contributed by atoms with van der Waals surface area (Å²) >= 11 is 10.5. The van der Waals surface area contributed by atoms with Crippen LogP contribution in [0.4, 0.5) is 0 Å². The quantitative estimate of drug-likeness (QED) is 0.159. The van der Waals surface area contributed by atoms with Gasteiger partial charge in [0.2, 0.25) is 4.32 Å². The van der Waals surface area contributed by atoms with Gasteiger partial charge in [-0.2, -0.15) is 0 Å². The Hall–Kier alpha value is -1.06. The lowest BCUT2D eigenvalue weighted by atomic mass is 10.1. The summed E-state index contributed by atoms with van der Waals surface area (Å²) in [5, 5.41) is 0. The van der Waals surface area contributed by atoms with E-state index < -0.39 is 8.80 Å². The van der Waals surface area contributed by atoms with Gasteiger partial charge in [0.15, 0.2) is 0 Å². The molecule has 31 heavy (non-hydrogen) atoms. The molecule has 0 unspecified atom stereocenters. The van der Waals surface area contributed by atoms with Crippen LogP contribution in [0.1, 0.15) is 38.3 Å². The summed E-state index contributed by atoms with van der Waals surface area (Å²) in [7, 11) is -2.69. The van der Waals surface area contributed by atoms with Crippen molar-refractivity contribution in [3.8, 4) is 0 Å². The second kappa shape index (κ2) is 13.5. The summed E-state index contributed by atoms with van der Waals surface area (Å²) in [6.07, 6.45) is 0.882. The smallest absolute Gasteiger partial charge is 0.374 e. The molecule has 0 N–H and O–H groups in total. The van der Waals surface area contributed by atoms with Crippen LogP contribution in [0, 0.1) is 0 Å². The van der Waals surface area contributed by atoms with Gasteiger partial charge in [-0.15, -0.1) is 0 Å². The fraction of sp³-hybridized carbons (Fsp3) is 0.458. The Morgan fingerprint density at radius 1 is 0.806 bits per heavy atom. The van der Waals surface area contributed by atoms with Crippen molar-refractivity contribution in [2.24, 2.45) is 0 Å². The molecule has 0 aliphatic rings. The highest BCUT2D eigenvalue weighted by Gasteiger charge is 2.41. The fourth-order valence-corrected chi connectivity index (χ4v) is 6.97. The molecular weight excluding hydrogens is 442 g/mol. The van der Waals surface area contributed by atoms with Gasteiger partial charge in [0.25, 0.3) is 0 Å². The predicted octanol–water partition coefficient (Wildman–Crippen LogP) is 5.86. The third-order valence-electron chi connectivity index (χ3n) is 5.22. The zero-order valence-corrected chi connectivity index (χ0v) is 21.7. The molecule has 0 heterocycles. The highest BCUT2D eigenvalue weighted by molar-refractivity contribution is 8.10. The average molecular weight is 479 g/mol. The SMILES string of the molecule is CCO[Si](CCC[N+](Cc1ccccc1)(Cc1ccccc1)C(=S)S)(OCC)OCC. The Labute approximate surface area is 199 Å². The van der Waals surface area contributed by atoms with Crippen molar-refractivity contribution < 1.29 is 17.8 Å². The third kappa shape index (κ3) is 8.09. The highest BCUT2D eigenvalue weighted by Crippen LogP contribution is 2.27. The van der Waals surface area contributed by atoms with Gasteiger partial charge in [-0.25, -0.2) is 0 Å². The lowest BCUT2D eigenvalue weighted by Crippen LogP contribution is -2.51. The third-order valence-corrected chi connectivity index (χ3v) is 9.19. The maximum Gasteiger partial charge on any atom is 0.501 e. The number of rotatable bonds is 14. The number of thiol groups is 1. The monoisotopic (exact) mass is 478 g/mol. The summed E-state index contributed by atoms with van der Waals surface area (Å²) in [5.74, 6) is 0. The van der Waals surface area contributed by atoms with Crippen LogP contribution in [-0.4, -0.2) is 44.0 Å². The van der Waals surface area contributed by atoms with Crippen molar-refractivity contribution in [3.63, 3.8) is 0 Å². The minimum Gasteiger partial charge on any atom is -0.374 e. The van der Waals surface area contributed by atoms with Gasteiger partial charge in [-0.1, -0.05) is 73.3 Å². The van der Waals surface area contributed by atoms with E-state index in [1.54, 1.807) is 0 Å². The van der Waals surface area contributed by atoms with Crippen LogP contribution >= 0.6 is 24.8 Å². The number of thiocarbonyl (C=S) groups is 1. The van der Waals surface area contributed by atoms with E-state index in [9.17, 15) is 0 Å². The molecule has 0 spiro atoms. The van der Waals surface area contributed by atoms with E-state index in [1.165, 1.54) is 11.1 Å². The van der Waals surface area contributed by atoms with Gasteiger partial charge >= 0.3 is 8.80 Å². The molecule has 0 saturated heterocycles. The number of hydrogen-bond acceptors (Lipinski definition) is 4. The Morgan fingerprint density at radius 2 is 1.23 bits per heavy atom. The summed E-state index contributed by atoms with van der Waals surface area (Å²) in [6.45, 7) is 10.2. The van der Waals surface area contributed by atoms with E-state index in [-0.39, 0.29) is 0 Å². The van der Waals surface area contributed by atoms with E-state index in [1.807, 2.05) is 32.9 Å². The molecule has 7 heteroatoms. The maximum absolute atomic E-state index is 6.06. The zero-order valence-electron chi connectivity index (χ0n) is 19.0. The first-order chi connectivity index (χ1) is 15.0. The van der Waals surface area contributed by atoms with Crippen LogP contribution in [0.2, 0.25) is 6.04 Å². The normalized spacial score (nSPS) is 12.1. The van der Waals surface area contributed by atoms with Crippen molar-refractivity contribution in [3.05, 3.63) is 71.8 Å². The molecule has 0 aliphatic heterocycles. The summed E-state index contributed by atoms with van der Waals surface area (Å²) in [4.78, 5) is 0. The van der Waals surface area contributed by atoms with Crippen molar-refractivity contribution in [1.82, 2.24) is 0 Å². The van der Waals surface area contributed by atoms with Crippen LogP contribution in [-0.2, 0) is 26.4 Å². The second-order valence-corrected chi connectivity index (χ2v) is 11.4. The molecule has 2 aromatic carbocycles. The lowest BCUT2D eigenvalue weighted by molar-refractivity contribution is -0.863. The van der Waals surface area contributed by atoms with E-state index in [0.29, 0.717) is 28.6 Å². The molecule has 0 aliphatic carbocycles. The molecule has 0 aromatic heterocycles. The number of nitrogens with zero attached hydrogens (tertiary/aromatic N) is 1. The van der Waals surface area contributed by atoms with E-state index >= 15 is 0 Å². The lowest BCUT2D eigenvalue weighted by Gasteiger charge is -2.38. The molecule has 4 nitrogen and oxygen atoms in total. The Balaban J connectivity index is 2.27. The number of hydrogen-bond donors (Lipinski definition) is 1. The first kappa shape index (κ1) is 26.2. The first-order valence-corrected chi connectivity index (χ1v) is 13.9. The molecule has 2 aromatic rings. The Morgan fingerprint density at radius 3 is 1.58 bits per heavy atom. The van der Waals surface area contributed by atoms with Crippen molar-refractivity contribution in [1.29, 1.82) is 0 Å². The Bertz CT molecular complexity index is 718. The van der Waals surface area contributed by atoms with Crippen molar-refractivity contribution in [2.45, 2.75) is 46.3 Å². The van der Waals surface area contributed by atoms with E-state index in [2.05, 4.69) is 48.5 Å². The number of quaternary nitrogens is 1. The summed E-state index contributed by atoms with van der Waals surface area (Å²) < 4.78 is 19.5. The topological polar surface area (TPSA) is 27.7 Å². The van der Waals surface area contributed by atoms with Gasteiger partial charge in [-0.05, 0) is 33.0 Å². The van der Waals surface area contributed by atoms with Gasteiger partial charge < -0.3 is 13.3 Å². The van der Waals surface area contributed by atoms with Crippen molar-refractivity contribution in [2.75, 3.05) is 26.4 Å². The molecule has 0 bridgehead atoms. The van der Waals surface area contributed by atoms with Crippen LogP contribution in [0.15, 0.2) is 60.7 Å². The van der Waals surface area contributed by atoms with Crippen LogP contribution < -0.4 is 0 Å². The first-order valence-electron chi connectivity index (χ1n) is 11.1. The second-order valence-electron chi connectivity index (χ2n) is 7.52. The molecule has 2 rings (SSSR count). The minimum atomic E-state index is -2.69. The molecule has 170 valence electrons. The molecule has 0 atom stereocenters. The minimum absolute atomic E-state index is 0.589. The van der Waals surface area contributed by atoms with Crippen LogP contribution in [0.5, 0.6) is 0 Å². The molecule has 0 saturated carbocycles. The maximum atomic E-state index is 6.06. The molecule has 0 fully saturated rings.